The fraction of sp³-hybridized carbons (Fsp3) is 0.318. The van der Waals surface area contributed by atoms with Crippen molar-refractivity contribution in [3.05, 3.63) is 69.4 Å². The van der Waals surface area contributed by atoms with Crippen LogP contribution in [0.4, 0.5) is 13.2 Å². The molecule has 0 saturated heterocycles. The van der Waals surface area contributed by atoms with Crippen LogP contribution in [0, 0.1) is 13.8 Å². The predicted octanol–water partition coefficient (Wildman–Crippen LogP) is 7.63. The molecule has 0 unspecified atom stereocenters. The van der Waals surface area contributed by atoms with Crippen LogP contribution in [-0.2, 0) is 19.2 Å². The molecule has 0 fully saturated rings. The van der Waals surface area contributed by atoms with Crippen LogP contribution in [0.1, 0.15) is 41.2 Å². The van der Waals surface area contributed by atoms with E-state index in [0.29, 0.717) is 23.6 Å². The SMILES string of the molecule is CCCc1ccc(OCc2c(Cl)nsc2-c2ccc(C)cc2C)cc1C(F)(F)F. The highest BCUT2D eigenvalue weighted by molar-refractivity contribution is 7.10. The lowest BCUT2D eigenvalue weighted by atomic mass is 10.0. The van der Waals surface area contributed by atoms with E-state index in [9.17, 15) is 13.2 Å². The van der Waals surface area contributed by atoms with Gasteiger partial charge in [0.15, 0.2) is 0 Å². The minimum absolute atomic E-state index is 0.0441. The highest BCUT2D eigenvalue weighted by Gasteiger charge is 2.33. The molecule has 0 amide bonds. The summed E-state index contributed by atoms with van der Waals surface area (Å²) in [6.07, 6.45) is -3.42. The van der Waals surface area contributed by atoms with Gasteiger partial charge < -0.3 is 4.74 Å². The largest absolute Gasteiger partial charge is 0.489 e. The van der Waals surface area contributed by atoms with Gasteiger partial charge in [0.25, 0.3) is 0 Å². The van der Waals surface area contributed by atoms with E-state index in [1.807, 2.05) is 32.9 Å². The summed E-state index contributed by atoms with van der Waals surface area (Å²) in [5.41, 5.74) is 3.52. The normalized spacial score (nSPS) is 11.7. The maximum atomic E-state index is 13.4. The Morgan fingerprint density at radius 2 is 1.86 bits per heavy atom. The van der Waals surface area contributed by atoms with E-state index >= 15 is 0 Å². The Hall–Kier alpha value is -2.05. The second kappa shape index (κ2) is 8.76. The van der Waals surface area contributed by atoms with E-state index in [1.54, 1.807) is 6.07 Å². The van der Waals surface area contributed by atoms with Crippen LogP contribution in [0.3, 0.4) is 0 Å². The quantitative estimate of drug-likeness (QED) is 0.394. The number of alkyl halides is 3. The number of hydrogen-bond acceptors (Lipinski definition) is 3. The molecule has 0 N–H and O–H groups in total. The number of nitrogens with zero attached hydrogens (tertiary/aromatic N) is 1. The topological polar surface area (TPSA) is 22.1 Å². The summed E-state index contributed by atoms with van der Waals surface area (Å²) >= 11 is 7.51. The molecule has 2 aromatic carbocycles. The first-order chi connectivity index (χ1) is 13.7. The lowest BCUT2D eigenvalue weighted by Crippen LogP contribution is -2.10. The standard InChI is InChI=1S/C22H21ClF3NOS/c1-4-5-15-7-8-16(11-19(15)22(24,25)26)28-12-18-20(29-27-21(18)23)17-9-6-13(2)10-14(17)3/h6-11H,4-5,12H2,1-3H3. The Balaban J connectivity index is 1.88. The lowest BCUT2D eigenvalue weighted by Gasteiger charge is -2.15. The van der Waals surface area contributed by atoms with Gasteiger partial charge >= 0.3 is 6.18 Å². The molecule has 7 heteroatoms. The fourth-order valence-electron chi connectivity index (χ4n) is 3.25. The van der Waals surface area contributed by atoms with Gasteiger partial charge in [0.2, 0.25) is 0 Å². The first-order valence-electron chi connectivity index (χ1n) is 9.25. The molecule has 0 saturated carbocycles. The van der Waals surface area contributed by atoms with E-state index in [0.717, 1.165) is 27.6 Å². The minimum Gasteiger partial charge on any atom is -0.489 e. The Morgan fingerprint density at radius 1 is 1.10 bits per heavy atom. The van der Waals surface area contributed by atoms with Crippen molar-refractivity contribution in [2.45, 2.75) is 46.4 Å². The first-order valence-corrected chi connectivity index (χ1v) is 10.4. The fourth-order valence-corrected chi connectivity index (χ4v) is 4.43. The maximum absolute atomic E-state index is 13.4. The summed E-state index contributed by atoms with van der Waals surface area (Å²) in [6, 6.07) is 10.2. The van der Waals surface area contributed by atoms with Gasteiger partial charge in [0.1, 0.15) is 17.5 Å². The molecule has 2 nitrogen and oxygen atoms in total. The van der Waals surface area contributed by atoms with Crippen molar-refractivity contribution in [3.63, 3.8) is 0 Å². The van der Waals surface area contributed by atoms with Gasteiger partial charge in [-0.25, -0.2) is 0 Å². The zero-order valence-corrected chi connectivity index (χ0v) is 17.9. The molecule has 1 heterocycles. The van der Waals surface area contributed by atoms with Gasteiger partial charge in [0, 0.05) is 5.56 Å². The van der Waals surface area contributed by atoms with Crippen molar-refractivity contribution in [1.29, 1.82) is 0 Å². The van der Waals surface area contributed by atoms with Crippen LogP contribution in [0.5, 0.6) is 5.75 Å². The molecule has 0 bridgehead atoms. The number of hydrogen-bond donors (Lipinski definition) is 0. The predicted molar refractivity (Wildman–Crippen MR) is 112 cm³/mol. The molecule has 0 atom stereocenters. The van der Waals surface area contributed by atoms with Crippen LogP contribution in [0.15, 0.2) is 36.4 Å². The third kappa shape index (κ3) is 4.93. The Bertz CT molecular complexity index is 1010. The van der Waals surface area contributed by atoms with Crippen LogP contribution < -0.4 is 4.74 Å². The zero-order chi connectivity index (χ0) is 21.2. The van der Waals surface area contributed by atoms with E-state index < -0.39 is 11.7 Å². The molecular formula is C22H21ClF3NOS. The molecule has 0 aliphatic heterocycles. The number of aromatic nitrogens is 1. The van der Waals surface area contributed by atoms with E-state index in [2.05, 4.69) is 10.4 Å². The van der Waals surface area contributed by atoms with Crippen LogP contribution in [0.25, 0.3) is 10.4 Å². The number of halogens is 4. The Labute approximate surface area is 177 Å². The monoisotopic (exact) mass is 439 g/mol. The van der Waals surface area contributed by atoms with Gasteiger partial charge in [0.05, 0.1) is 10.4 Å². The molecular weight excluding hydrogens is 419 g/mol. The summed E-state index contributed by atoms with van der Waals surface area (Å²) in [4.78, 5) is 0.867. The van der Waals surface area contributed by atoms with Crippen LogP contribution >= 0.6 is 23.1 Å². The summed E-state index contributed by atoms with van der Waals surface area (Å²) < 4.78 is 50.1. The van der Waals surface area contributed by atoms with Gasteiger partial charge in [-0.3, -0.25) is 0 Å². The average Bonchev–Trinajstić information content (AvgIpc) is 3.00. The Morgan fingerprint density at radius 3 is 2.52 bits per heavy atom. The second-order valence-corrected chi connectivity index (χ2v) is 8.09. The third-order valence-corrected chi connectivity index (χ3v) is 5.99. The van der Waals surface area contributed by atoms with Crippen molar-refractivity contribution in [1.82, 2.24) is 4.37 Å². The number of benzene rings is 2. The number of aryl methyl sites for hydroxylation is 3. The van der Waals surface area contributed by atoms with Crippen LogP contribution in [-0.4, -0.2) is 4.37 Å². The summed E-state index contributed by atoms with van der Waals surface area (Å²) in [6.45, 7) is 5.91. The number of rotatable bonds is 6. The second-order valence-electron chi connectivity index (χ2n) is 6.95. The van der Waals surface area contributed by atoms with Crippen molar-refractivity contribution >= 4 is 23.1 Å². The highest BCUT2D eigenvalue weighted by Crippen LogP contribution is 2.38. The number of ether oxygens (including phenoxy) is 1. The Kier molecular flexibility index (Phi) is 6.54. The molecule has 1 aromatic heterocycles. The van der Waals surface area contributed by atoms with Crippen molar-refractivity contribution in [2.75, 3.05) is 0 Å². The van der Waals surface area contributed by atoms with Crippen LogP contribution in [0.2, 0.25) is 5.15 Å². The molecule has 0 aliphatic rings. The van der Waals surface area contributed by atoms with Crippen molar-refractivity contribution in [3.8, 4) is 16.2 Å². The molecule has 3 aromatic rings. The molecule has 0 spiro atoms. The van der Waals surface area contributed by atoms with E-state index in [1.165, 1.54) is 17.6 Å². The van der Waals surface area contributed by atoms with E-state index in [-0.39, 0.29) is 17.9 Å². The maximum Gasteiger partial charge on any atom is 0.416 e. The molecule has 0 radical (unpaired) electrons. The first kappa shape index (κ1) is 21.7. The van der Waals surface area contributed by atoms with E-state index in [4.69, 9.17) is 16.3 Å². The molecule has 0 aliphatic carbocycles. The molecule has 29 heavy (non-hydrogen) atoms. The summed E-state index contributed by atoms with van der Waals surface area (Å²) in [7, 11) is 0. The van der Waals surface area contributed by atoms with Gasteiger partial charge in [-0.2, -0.15) is 17.5 Å². The van der Waals surface area contributed by atoms with Gasteiger partial charge in [-0.15, -0.1) is 0 Å². The molecule has 154 valence electrons. The van der Waals surface area contributed by atoms with Gasteiger partial charge in [-0.05, 0) is 60.6 Å². The van der Waals surface area contributed by atoms with Gasteiger partial charge in [-0.1, -0.05) is 54.8 Å². The molecule has 3 rings (SSSR count). The highest BCUT2D eigenvalue weighted by atomic mass is 35.5. The van der Waals surface area contributed by atoms with Crippen molar-refractivity contribution < 1.29 is 17.9 Å². The smallest absolute Gasteiger partial charge is 0.416 e. The average molecular weight is 440 g/mol. The minimum atomic E-state index is -4.42. The lowest BCUT2D eigenvalue weighted by molar-refractivity contribution is -0.138. The summed E-state index contributed by atoms with van der Waals surface area (Å²) in [5, 5.41) is 0.309. The third-order valence-electron chi connectivity index (χ3n) is 4.66. The zero-order valence-electron chi connectivity index (χ0n) is 16.4. The summed E-state index contributed by atoms with van der Waals surface area (Å²) in [5.74, 6) is 0.158. The van der Waals surface area contributed by atoms with Crippen molar-refractivity contribution in [2.24, 2.45) is 0 Å².